The first-order chi connectivity index (χ1) is 25.7. The van der Waals surface area contributed by atoms with Crippen LogP contribution in [0.2, 0.25) is 0 Å². The third-order valence-electron chi connectivity index (χ3n) is 8.44. The number of carboxylic acid groups (broad SMARTS) is 1. The lowest BCUT2D eigenvalue weighted by Crippen LogP contribution is -2.60. The van der Waals surface area contributed by atoms with Gasteiger partial charge in [-0.15, -0.1) is 0 Å². The Labute approximate surface area is 323 Å². The lowest BCUT2D eigenvalue weighted by molar-refractivity contribution is -0.142. The van der Waals surface area contributed by atoms with Crippen molar-refractivity contribution in [3.63, 3.8) is 0 Å². The molecule has 0 heterocycles. The zero-order valence-corrected chi connectivity index (χ0v) is 32.8. The minimum atomic E-state index is -1.28. The monoisotopic (exact) mass is 774 g/mol. The number of nitrogens with zero attached hydrogens (tertiary/aromatic N) is 1. The molecule has 14 N–H and O–H groups in total. The Balaban J connectivity index is 3.18. The highest BCUT2D eigenvalue weighted by molar-refractivity contribution is 5.96. The fourth-order valence-electron chi connectivity index (χ4n) is 5.54. The van der Waals surface area contributed by atoms with Gasteiger partial charge in [0.25, 0.3) is 0 Å². The SMILES string of the molecule is CC(C)C[C@H](NC(=O)[C@H](CCC(N)=O)NC(=O)[C@@H](N)CCCN=C(N)N)C(=O)N[C@H](C(=O)N[C@@H](CC(C)C)C(=O)N[C@@H](Cc1ccccc1)C(=O)O)C(C)C. The Hall–Kier alpha value is -5.26. The lowest BCUT2D eigenvalue weighted by atomic mass is 9.98. The van der Waals surface area contributed by atoms with Gasteiger partial charge in [-0.3, -0.25) is 33.8 Å². The first-order valence-electron chi connectivity index (χ1n) is 18.6. The molecule has 0 aromatic heterocycles. The van der Waals surface area contributed by atoms with Gasteiger partial charge in [0.2, 0.25) is 35.4 Å². The number of nitrogens with two attached hydrogens (primary N) is 4. The summed E-state index contributed by atoms with van der Waals surface area (Å²) in [5.41, 5.74) is 22.7. The topological polar surface area (TPSA) is 316 Å². The summed E-state index contributed by atoms with van der Waals surface area (Å²) in [5.74, 6) is -6.26. The van der Waals surface area contributed by atoms with Gasteiger partial charge in [-0.2, -0.15) is 0 Å². The summed E-state index contributed by atoms with van der Waals surface area (Å²) in [6.45, 7) is 10.9. The Kier molecular flexibility index (Phi) is 21.0. The van der Waals surface area contributed by atoms with Crippen LogP contribution in [0.1, 0.15) is 85.6 Å². The largest absolute Gasteiger partial charge is 0.480 e. The maximum absolute atomic E-state index is 13.8. The molecule has 55 heavy (non-hydrogen) atoms. The molecule has 18 heteroatoms. The van der Waals surface area contributed by atoms with Crippen molar-refractivity contribution in [1.82, 2.24) is 26.6 Å². The summed E-state index contributed by atoms with van der Waals surface area (Å²) >= 11 is 0. The summed E-state index contributed by atoms with van der Waals surface area (Å²) < 4.78 is 0. The van der Waals surface area contributed by atoms with Gasteiger partial charge in [-0.25, -0.2) is 4.79 Å². The Bertz CT molecular complexity index is 1470. The van der Waals surface area contributed by atoms with Crippen molar-refractivity contribution >= 4 is 47.4 Å². The number of carbonyl (C=O) groups excluding carboxylic acids is 6. The van der Waals surface area contributed by atoms with Crippen LogP contribution < -0.4 is 49.5 Å². The standard InChI is InChI=1S/C37H62N10O8/c1-20(2)17-26(33(51)46-28(36(54)55)19-23-11-8-7-9-12-23)45-35(53)30(22(5)6)47-34(52)27(18-21(3)4)44-32(50)25(14-15-29(39)48)43-31(49)24(38)13-10-16-42-37(40)41/h7-9,11-12,20-22,24-28,30H,10,13-19,38H2,1-6H3,(H2,39,48)(H,43,49)(H,44,50)(H,45,53)(H,46,51)(H,47,52)(H,54,55)(H4,40,41,42)/t24-,25-,26-,27-,28-,30-/m0/s1. The van der Waals surface area contributed by atoms with E-state index in [1.165, 1.54) is 0 Å². The Morgan fingerprint density at radius 2 is 1.15 bits per heavy atom. The van der Waals surface area contributed by atoms with Crippen molar-refractivity contribution in [2.24, 2.45) is 45.7 Å². The van der Waals surface area contributed by atoms with Crippen LogP contribution in [0, 0.1) is 17.8 Å². The zero-order valence-electron chi connectivity index (χ0n) is 32.8. The number of carbonyl (C=O) groups is 7. The van der Waals surface area contributed by atoms with E-state index >= 15 is 0 Å². The van der Waals surface area contributed by atoms with E-state index in [4.69, 9.17) is 22.9 Å². The smallest absolute Gasteiger partial charge is 0.326 e. The van der Waals surface area contributed by atoms with E-state index < -0.39 is 83.6 Å². The van der Waals surface area contributed by atoms with Gasteiger partial charge in [-0.05, 0) is 55.4 Å². The van der Waals surface area contributed by atoms with Gasteiger partial charge < -0.3 is 54.6 Å². The van der Waals surface area contributed by atoms with Crippen LogP contribution in [0.4, 0.5) is 0 Å². The van der Waals surface area contributed by atoms with Gasteiger partial charge in [0.1, 0.15) is 30.2 Å². The third kappa shape index (κ3) is 19.1. The van der Waals surface area contributed by atoms with E-state index in [0.717, 1.165) is 0 Å². The molecule has 0 aliphatic heterocycles. The molecular formula is C37H62N10O8. The number of aliphatic imine (C=N–C) groups is 1. The zero-order chi connectivity index (χ0) is 41.8. The summed E-state index contributed by atoms with van der Waals surface area (Å²) in [5, 5.41) is 23.0. The van der Waals surface area contributed by atoms with E-state index in [-0.39, 0.29) is 62.9 Å². The van der Waals surface area contributed by atoms with Gasteiger partial charge in [0, 0.05) is 19.4 Å². The third-order valence-corrected chi connectivity index (χ3v) is 8.44. The van der Waals surface area contributed by atoms with Crippen LogP contribution in [0.15, 0.2) is 35.3 Å². The molecule has 1 aromatic carbocycles. The van der Waals surface area contributed by atoms with Crippen molar-refractivity contribution in [2.45, 2.75) is 123 Å². The molecule has 18 nitrogen and oxygen atoms in total. The van der Waals surface area contributed by atoms with E-state index in [0.29, 0.717) is 12.0 Å². The highest BCUT2D eigenvalue weighted by Crippen LogP contribution is 2.12. The number of hydrogen-bond donors (Lipinski definition) is 10. The summed E-state index contributed by atoms with van der Waals surface area (Å²) in [6, 6.07) is 1.77. The molecule has 1 aromatic rings. The second kappa shape index (κ2) is 24.2. The number of primary amides is 1. The van der Waals surface area contributed by atoms with Crippen molar-refractivity contribution < 1.29 is 38.7 Å². The fourth-order valence-corrected chi connectivity index (χ4v) is 5.54. The van der Waals surface area contributed by atoms with Crippen molar-refractivity contribution in [2.75, 3.05) is 6.54 Å². The molecule has 6 amide bonds. The second-order valence-corrected chi connectivity index (χ2v) is 14.8. The van der Waals surface area contributed by atoms with Crippen LogP contribution in [-0.2, 0) is 40.0 Å². The highest BCUT2D eigenvalue weighted by atomic mass is 16.4. The van der Waals surface area contributed by atoms with Crippen LogP contribution in [0.5, 0.6) is 0 Å². The van der Waals surface area contributed by atoms with Gasteiger partial charge in [-0.1, -0.05) is 71.9 Å². The molecule has 0 saturated heterocycles. The van der Waals surface area contributed by atoms with E-state index in [1.807, 2.05) is 27.7 Å². The van der Waals surface area contributed by atoms with Gasteiger partial charge >= 0.3 is 5.97 Å². The fraction of sp³-hybridized carbons (Fsp3) is 0.622. The molecule has 0 unspecified atom stereocenters. The number of aliphatic carboxylic acids is 1. The highest BCUT2D eigenvalue weighted by Gasteiger charge is 2.34. The van der Waals surface area contributed by atoms with Crippen LogP contribution in [0.3, 0.4) is 0 Å². The van der Waals surface area contributed by atoms with Crippen LogP contribution in [0.25, 0.3) is 0 Å². The molecule has 0 bridgehead atoms. The maximum atomic E-state index is 13.8. The first kappa shape index (κ1) is 47.8. The lowest BCUT2D eigenvalue weighted by Gasteiger charge is -2.29. The predicted molar refractivity (Wildman–Crippen MR) is 207 cm³/mol. The molecule has 6 atom stereocenters. The van der Waals surface area contributed by atoms with Gasteiger partial charge in [0.15, 0.2) is 5.96 Å². The van der Waals surface area contributed by atoms with E-state index in [2.05, 4.69) is 31.6 Å². The number of guanidine groups is 1. The number of nitrogens with one attached hydrogen (secondary N) is 5. The Morgan fingerprint density at radius 1 is 0.655 bits per heavy atom. The number of amides is 6. The second-order valence-electron chi connectivity index (χ2n) is 14.8. The molecule has 0 fully saturated rings. The number of rotatable bonds is 25. The molecule has 0 aliphatic carbocycles. The number of hydrogen-bond acceptors (Lipinski definition) is 9. The Morgan fingerprint density at radius 3 is 1.64 bits per heavy atom. The minimum absolute atomic E-state index is 0.0263. The van der Waals surface area contributed by atoms with Crippen molar-refractivity contribution in [3.8, 4) is 0 Å². The van der Waals surface area contributed by atoms with E-state index in [1.54, 1.807) is 44.2 Å². The molecule has 0 saturated carbocycles. The number of benzene rings is 1. The summed E-state index contributed by atoms with van der Waals surface area (Å²) in [7, 11) is 0. The quantitative estimate of drug-likeness (QED) is 0.0331. The van der Waals surface area contributed by atoms with E-state index in [9.17, 15) is 38.7 Å². The van der Waals surface area contributed by atoms with Crippen molar-refractivity contribution in [1.29, 1.82) is 0 Å². The summed E-state index contributed by atoms with van der Waals surface area (Å²) in [4.78, 5) is 94.9. The average molecular weight is 775 g/mol. The molecule has 0 aliphatic rings. The normalized spacial score (nSPS) is 14.4. The molecule has 1 rings (SSSR count). The van der Waals surface area contributed by atoms with Crippen LogP contribution in [-0.4, -0.2) is 95.3 Å². The molecular weight excluding hydrogens is 712 g/mol. The van der Waals surface area contributed by atoms with Gasteiger partial charge in [0.05, 0.1) is 6.04 Å². The molecule has 0 radical (unpaired) electrons. The number of carboxylic acids is 1. The summed E-state index contributed by atoms with van der Waals surface area (Å²) in [6.07, 6.45) is 0.495. The van der Waals surface area contributed by atoms with Crippen LogP contribution >= 0.6 is 0 Å². The minimum Gasteiger partial charge on any atom is -0.480 e. The predicted octanol–water partition coefficient (Wildman–Crippen LogP) is -0.868. The molecule has 308 valence electrons. The maximum Gasteiger partial charge on any atom is 0.326 e. The first-order valence-corrected chi connectivity index (χ1v) is 18.6. The average Bonchev–Trinajstić information content (AvgIpc) is 3.09. The molecule has 0 spiro atoms. The van der Waals surface area contributed by atoms with Crippen molar-refractivity contribution in [3.05, 3.63) is 35.9 Å².